The fourth-order valence-corrected chi connectivity index (χ4v) is 1.52. The molecule has 0 aromatic carbocycles. The van der Waals surface area contributed by atoms with Crippen LogP contribution >= 0.6 is 0 Å². The molecule has 2 N–H and O–H groups in total. The van der Waals surface area contributed by atoms with Gasteiger partial charge in [0.15, 0.2) is 0 Å². The molecule has 1 atom stereocenters. The lowest BCUT2D eigenvalue weighted by Crippen LogP contribution is -2.47. The monoisotopic (exact) mass is 208 g/mol. The van der Waals surface area contributed by atoms with E-state index in [1.165, 1.54) is 12.5 Å². The van der Waals surface area contributed by atoms with Crippen LogP contribution in [0, 0.1) is 0 Å². The average molecular weight is 208 g/mol. The zero-order chi connectivity index (χ0) is 10.7. The standard InChI is InChI=1S/C10H12N2O3/c13-9-2-1-8(5-11-9)12-10(14)7-3-4-15-6-7/h3-4,6,8H,1-2,5H2,(H,11,13)(H,12,14). The average Bonchev–Trinajstić information content (AvgIpc) is 2.74. The molecule has 5 nitrogen and oxygen atoms in total. The fourth-order valence-electron chi connectivity index (χ4n) is 1.52. The fraction of sp³-hybridized carbons (Fsp3) is 0.400. The van der Waals surface area contributed by atoms with Crippen molar-refractivity contribution in [1.82, 2.24) is 10.6 Å². The second-order valence-electron chi connectivity index (χ2n) is 3.53. The minimum absolute atomic E-state index is 0.0186. The molecule has 2 rings (SSSR count). The number of hydrogen-bond donors (Lipinski definition) is 2. The zero-order valence-corrected chi connectivity index (χ0v) is 8.16. The maximum Gasteiger partial charge on any atom is 0.254 e. The Morgan fingerprint density at radius 2 is 2.47 bits per heavy atom. The summed E-state index contributed by atoms with van der Waals surface area (Å²) in [5, 5.41) is 5.53. The van der Waals surface area contributed by atoms with E-state index in [0.29, 0.717) is 24.9 Å². The molecule has 1 aromatic rings. The maximum absolute atomic E-state index is 11.6. The molecule has 0 spiro atoms. The van der Waals surface area contributed by atoms with E-state index in [9.17, 15) is 9.59 Å². The highest BCUT2D eigenvalue weighted by atomic mass is 16.3. The molecule has 1 aliphatic rings. The van der Waals surface area contributed by atoms with Crippen molar-refractivity contribution in [1.29, 1.82) is 0 Å². The van der Waals surface area contributed by atoms with Crippen LogP contribution in [0.25, 0.3) is 0 Å². The maximum atomic E-state index is 11.6. The van der Waals surface area contributed by atoms with E-state index in [1.54, 1.807) is 6.07 Å². The van der Waals surface area contributed by atoms with E-state index >= 15 is 0 Å². The third-order valence-corrected chi connectivity index (χ3v) is 2.38. The van der Waals surface area contributed by atoms with E-state index in [4.69, 9.17) is 4.42 Å². The number of furan rings is 1. The van der Waals surface area contributed by atoms with Gasteiger partial charge >= 0.3 is 0 Å². The van der Waals surface area contributed by atoms with E-state index < -0.39 is 0 Å². The van der Waals surface area contributed by atoms with Crippen molar-refractivity contribution in [3.63, 3.8) is 0 Å². The molecule has 1 saturated heterocycles. The van der Waals surface area contributed by atoms with E-state index in [-0.39, 0.29) is 17.9 Å². The predicted octanol–water partition coefficient (Wildman–Crippen LogP) is 0.288. The first-order valence-electron chi connectivity index (χ1n) is 4.85. The molecule has 15 heavy (non-hydrogen) atoms. The Kier molecular flexibility index (Phi) is 2.71. The third-order valence-electron chi connectivity index (χ3n) is 2.38. The first-order chi connectivity index (χ1) is 7.25. The third kappa shape index (κ3) is 2.37. The van der Waals surface area contributed by atoms with Gasteiger partial charge in [0, 0.05) is 19.0 Å². The van der Waals surface area contributed by atoms with Gasteiger partial charge in [-0.2, -0.15) is 0 Å². The Balaban J connectivity index is 1.87. The van der Waals surface area contributed by atoms with Crippen molar-refractivity contribution >= 4 is 11.8 Å². The first kappa shape index (κ1) is 9.76. The highest BCUT2D eigenvalue weighted by Gasteiger charge is 2.20. The molecule has 0 bridgehead atoms. The van der Waals surface area contributed by atoms with Crippen LogP contribution in [0.1, 0.15) is 23.2 Å². The molecule has 0 aliphatic carbocycles. The summed E-state index contributed by atoms with van der Waals surface area (Å²) in [6.07, 6.45) is 4.01. The van der Waals surface area contributed by atoms with Crippen molar-refractivity contribution < 1.29 is 14.0 Å². The van der Waals surface area contributed by atoms with Crippen molar-refractivity contribution in [3.05, 3.63) is 24.2 Å². The first-order valence-corrected chi connectivity index (χ1v) is 4.85. The van der Waals surface area contributed by atoms with Gasteiger partial charge in [0.1, 0.15) is 6.26 Å². The van der Waals surface area contributed by atoms with Gasteiger partial charge in [0.2, 0.25) is 5.91 Å². The summed E-state index contributed by atoms with van der Waals surface area (Å²) in [5.41, 5.74) is 0.506. The minimum Gasteiger partial charge on any atom is -0.472 e. The molecule has 1 unspecified atom stereocenters. The van der Waals surface area contributed by atoms with Crippen LogP contribution in [-0.2, 0) is 4.79 Å². The molecule has 0 radical (unpaired) electrons. The van der Waals surface area contributed by atoms with Gasteiger partial charge in [-0.05, 0) is 12.5 Å². The normalized spacial score (nSPS) is 20.8. The number of piperidine rings is 1. The molecule has 2 heterocycles. The summed E-state index contributed by atoms with van der Waals surface area (Å²) in [6.45, 7) is 0.502. The van der Waals surface area contributed by atoms with Crippen LogP contribution in [0.5, 0.6) is 0 Å². The van der Waals surface area contributed by atoms with E-state index in [0.717, 1.165) is 0 Å². The molecular formula is C10H12N2O3. The second-order valence-corrected chi connectivity index (χ2v) is 3.53. The van der Waals surface area contributed by atoms with Gasteiger partial charge in [0.05, 0.1) is 11.8 Å². The molecular weight excluding hydrogens is 196 g/mol. The Bertz CT molecular complexity index is 349. The molecule has 1 fully saturated rings. The second kappa shape index (κ2) is 4.16. The van der Waals surface area contributed by atoms with Crippen molar-refractivity contribution in [2.45, 2.75) is 18.9 Å². The van der Waals surface area contributed by atoms with Crippen LogP contribution in [0.15, 0.2) is 23.0 Å². The Morgan fingerprint density at radius 3 is 3.07 bits per heavy atom. The molecule has 5 heteroatoms. The van der Waals surface area contributed by atoms with Gasteiger partial charge < -0.3 is 15.1 Å². The topological polar surface area (TPSA) is 71.3 Å². The summed E-state index contributed by atoms with van der Waals surface area (Å²) in [6, 6.07) is 1.63. The summed E-state index contributed by atoms with van der Waals surface area (Å²) in [7, 11) is 0. The number of rotatable bonds is 2. The smallest absolute Gasteiger partial charge is 0.254 e. The van der Waals surface area contributed by atoms with E-state index in [2.05, 4.69) is 10.6 Å². The van der Waals surface area contributed by atoms with E-state index in [1.807, 2.05) is 0 Å². The van der Waals surface area contributed by atoms with Crippen LogP contribution in [-0.4, -0.2) is 24.4 Å². The summed E-state index contributed by atoms with van der Waals surface area (Å²) < 4.78 is 4.81. The van der Waals surface area contributed by atoms with Crippen LogP contribution in [0.4, 0.5) is 0 Å². The molecule has 1 aromatic heterocycles. The molecule has 2 amide bonds. The largest absolute Gasteiger partial charge is 0.472 e. The van der Waals surface area contributed by atoms with Crippen molar-refractivity contribution in [2.75, 3.05) is 6.54 Å². The highest BCUT2D eigenvalue weighted by molar-refractivity contribution is 5.94. The van der Waals surface area contributed by atoms with Gasteiger partial charge in [-0.15, -0.1) is 0 Å². The van der Waals surface area contributed by atoms with Crippen LogP contribution in [0.2, 0.25) is 0 Å². The number of amides is 2. The highest BCUT2D eigenvalue weighted by Crippen LogP contribution is 2.05. The summed E-state index contributed by atoms with van der Waals surface area (Å²) >= 11 is 0. The lowest BCUT2D eigenvalue weighted by atomic mass is 10.1. The Labute approximate surface area is 86.8 Å². The Morgan fingerprint density at radius 1 is 1.60 bits per heavy atom. The van der Waals surface area contributed by atoms with Crippen molar-refractivity contribution in [2.24, 2.45) is 0 Å². The lowest BCUT2D eigenvalue weighted by Gasteiger charge is -2.23. The number of nitrogens with one attached hydrogen (secondary N) is 2. The number of carbonyl (C=O) groups is 2. The molecule has 1 aliphatic heterocycles. The van der Waals surface area contributed by atoms with Crippen molar-refractivity contribution in [3.8, 4) is 0 Å². The summed E-state index contributed by atoms with van der Waals surface area (Å²) in [4.78, 5) is 22.5. The van der Waals surface area contributed by atoms with Crippen LogP contribution < -0.4 is 10.6 Å². The molecule has 80 valence electrons. The predicted molar refractivity (Wildman–Crippen MR) is 52.2 cm³/mol. The lowest BCUT2D eigenvalue weighted by molar-refractivity contribution is -0.122. The summed E-state index contributed by atoms with van der Waals surface area (Å²) in [5.74, 6) is -0.117. The van der Waals surface area contributed by atoms with Gasteiger partial charge in [0.25, 0.3) is 5.91 Å². The number of hydrogen-bond acceptors (Lipinski definition) is 3. The SMILES string of the molecule is O=C1CCC(NC(=O)c2ccoc2)CN1. The van der Waals surface area contributed by atoms with Gasteiger partial charge in [-0.3, -0.25) is 9.59 Å². The van der Waals surface area contributed by atoms with Crippen LogP contribution in [0.3, 0.4) is 0 Å². The van der Waals surface area contributed by atoms with Gasteiger partial charge in [-0.1, -0.05) is 0 Å². The molecule has 0 saturated carbocycles. The number of carbonyl (C=O) groups excluding carboxylic acids is 2. The van der Waals surface area contributed by atoms with Gasteiger partial charge in [-0.25, -0.2) is 0 Å². The quantitative estimate of drug-likeness (QED) is 0.733. The zero-order valence-electron chi connectivity index (χ0n) is 8.16. The Hall–Kier alpha value is -1.78. The minimum atomic E-state index is -0.162.